The van der Waals surface area contributed by atoms with Crippen LogP contribution in [0, 0.1) is 30.1 Å². The van der Waals surface area contributed by atoms with Crippen molar-refractivity contribution in [2.75, 3.05) is 5.32 Å². The number of benzene rings is 1. The summed E-state index contributed by atoms with van der Waals surface area (Å²) in [5.74, 6) is 0.685. The fourth-order valence-corrected chi connectivity index (χ4v) is 8.64. The van der Waals surface area contributed by atoms with Crippen LogP contribution in [-0.2, 0) is 20.3 Å². The molecule has 3 aliphatic carbocycles. The Morgan fingerprint density at radius 1 is 1.26 bits per heavy atom. The summed E-state index contributed by atoms with van der Waals surface area (Å²) in [4.78, 5) is 41.1. The van der Waals surface area contributed by atoms with Gasteiger partial charge in [-0.1, -0.05) is 25.1 Å². The fourth-order valence-electron chi connectivity index (χ4n) is 7.32. The van der Waals surface area contributed by atoms with E-state index in [2.05, 4.69) is 17.2 Å². The molecule has 2 fully saturated rings. The van der Waals surface area contributed by atoms with Crippen molar-refractivity contribution >= 4 is 30.2 Å². The van der Waals surface area contributed by atoms with Crippen molar-refractivity contribution in [1.29, 1.82) is 0 Å². The number of nitrogens with zero attached hydrogens (tertiary/aromatic N) is 1. The van der Waals surface area contributed by atoms with E-state index in [4.69, 9.17) is 4.52 Å². The quantitative estimate of drug-likeness (QED) is 0.263. The first-order chi connectivity index (χ1) is 16.5. The largest absolute Gasteiger partial charge is 1.00 e. The first-order valence-corrected chi connectivity index (χ1v) is 14.5. The number of thiazole rings is 1. The molecule has 0 radical (unpaired) electrons. The average molecular weight is 587 g/mol. The van der Waals surface area contributed by atoms with E-state index in [-0.39, 0.29) is 118 Å². The van der Waals surface area contributed by atoms with Crippen molar-refractivity contribution in [3.63, 3.8) is 0 Å². The van der Waals surface area contributed by atoms with E-state index >= 15 is 0 Å². The van der Waals surface area contributed by atoms with Crippen LogP contribution < -0.4 is 109 Å². The number of rotatable bonds is 6. The van der Waals surface area contributed by atoms with Gasteiger partial charge in [0.05, 0.1) is 13.9 Å². The second-order valence-electron chi connectivity index (χ2n) is 10.6. The van der Waals surface area contributed by atoms with Crippen LogP contribution >= 0.6 is 19.2 Å². The maximum Gasteiger partial charge on any atom is 1.00 e. The van der Waals surface area contributed by atoms with Crippen molar-refractivity contribution in [3.05, 3.63) is 40.4 Å². The Hall–Kier alpha value is 1.23. The number of amides is 1. The maximum atomic E-state index is 12.7. The zero-order chi connectivity index (χ0) is 25.0. The summed E-state index contributed by atoms with van der Waals surface area (Å²) in [6.07, 6.45) is 5.70. The van der Waals surface area contributed by atoms with Gasteiger partial charge in [-0.15, -0.1) is 17.1 Å². The Labute approximate surface area is 294 Å². The van der Waals surface area contributed by atoms with E-state index in [1.807, 2.05) is 13.0 Å². The summed E-state index contributed by atoms with van der Waals surface area (Å²) in [6.45, 7) is 3.99. The molecule has 190 valence electrons. The second-order valence-corrected chi connectivity index (χ2v) is 13.0. The van der Waals surface area contributed by atoms with Crippen LogP contribution in [0.4, 0.5) is 5.13 Å². The average Bonchev–Trinajstić information content (AvgIpc) is 3.30. The van der Waals surface area contributed by atoms with Crippen LogP contribution in [0.1, 0.15) is 67.4 Å². The molecule has 0 saturated heterocycles. The predicted octanol–water partition coefficient (Wildman–Crippen LogP) is -5.75. The standard InChI is InChI=1S/C25H33N2O6PS.3Na/c1-14-13-26-24(35-14)27-22(29)8-4-16-12-21(33-34(30,31)32)25(2)10-9-19-18-7-5-17(28)11-15(18)3-6-20(19)23(16)25;;;/h5,7,11,13,16,19-21,23,28H,3-4,6,8-10,12H2,1-2H3,(H,26,27,29)(H2,30,31,32);;;/q;3*+1/p-3. The molecule has 13 heteroatoms. The van der Waals surface area contributed by atoms with Crippen molar-refractivity contribution in [2.45, 2.75) is 70.8 Å². The Balaban J connectivity index is 0.00000169. The van der Waals surface area contributed by atoms with Crippen LogP contribution in [-0.4, -0.2) is 17.0 Å². The van der Waals surface area contributed by atoms with Crippen LogP contribution in [0.25, 0.3) is 0 Å². The topological polar surface area (TPSA) is 137 Å². The van der Waals surface area contributed by atoms with E-state index in [1.165, 1.54) is 16.9 Å². The maximum absolute atomic E-state index is 12.7. The van der Waals surface area contributed by atoms with Crippen LogP contribution in [0.3, 0.4) is 0 Å². The SMILES string of the molecule is Cc1cnc(NC(=O)CCC2CC(OP(=O)([O-])[O-])C3(C)CCC4c5ccc([O-])cc5CCC4C23)s1.[Na+].[Na+].[Na+]. The van der Waals surface area contributed by atoms with Crippen molar-refractivity contribution in [3.8, 4) is 5.75 Å². The summed E-state index contributed by atoms with van der Waals surface area (Å²) in [7, 11) is -5.14. The van der Waals surface area contributed by atoms with Gasteiger partial charge in [0.15, 0.2) is 5.13 Å². The Kier molecular flexibility index (Phi) is 13.2. The summed E-state index contributed by atoms with van der Waals surface area (Å²) < 4.78 is 16.8. The van der Waals surface area contributed by atoms with Gasteiger partial charge in [0.1, 0.15) is 0 Å². The number of phosphoric ester groups is 1. The molecule has 38 heavy (non-hydrogen) atoms. The number of aromatic nitrogens is 1. The van der Waals surface area contributed by atoms with Gasteiger partial charge in [0, 0.05) is 17.5 Å². The third-order valence-corrected chi connectivity index (χ3v) is 9.96. The third kappa shape index (κ3) is 7.59. The molecule has 2 aromatic rings. The Morgan fingerprint density at radius 2 is 2.00 bits per heavy atom. The number of carbonyl (C=O) groups is 1. The van der Waals surface area contributed by atoms with E-state index in [0.717, 1.165) is 36.1 Å². The normalized spacial score (nSPS) is 29.4. The molecule has 6 atom stereocenters. The van der Waals surface area contributed by atoms with E-state index < -0.39 is 19.3 Å². The van der Waals surface area contributed by atoms with Gasteiger partial charge in [-0.3, -0.25) is 4.79 Å². The predicted molar refractivity (Wildman–Crippen MR) is 127 cm³/mol. The second kappa shape index (κ2) is 14.1. The minimum Gasteiger partial charge on any atom is -0.872 e. The van der Waals surface area contributed by atoms with Gasteiger partial charge in [0.2, 0.25) is 5.91 Å². The van der Waals surface area contributed by atoms with Gasteiger partial charge < -0.3 is 29.3 Å². The van der Waals surface area contributed by atoms with Gasteiger partial charge in [-0.2, -0.15) is 0 Å². The summed E-state index contributed by atoms with van der Waals surface area (Å²) in [5.41, 5.74) is 1.89. The van der Waals surface area contributed by atoms with E-state index in [0.29, 0.717) is 30.3 Å². The molecule has 8 nitrogen and oxygen atoms in total. The number of carbonyl (C=O) groups excluding carboxylic acids is 1. The first kappa shape index (κ1) is 35.4. The molecular weight excluding hydrogens is 556 g/mol. The molecule has 1 aromatic heterocycles. The van der Waals surface area contributed by atoms with E-state index in [9.17, 15) is 24.3 Å². The van der Waals surface area contributed by atoms with Gasteiger partial charge in [0.25, 0.3) is 0 Å². The molecule has 2 saturated carbocycles. The van der Waals surface area contributed by atoms with Gasteiger partial charge in [-0.25, -0.2) is 4.98 Å². The molecule has 1 amide bonds. The Morgan fingerprint density at radius 3 is 2.66 bits per heavy atom. The third-order valence-electron chi connectivity index (χ3n) is 8.62. The molecule has 0 spiro atoms. The number of anilines is 1. The molecule has 0 bridgehead atoms. The first-order valence-electron chi connectivity index (χ1n) is 12.3. The van der Waals surface area contributed by atoms with Gasteiger partial charge >= 0.3 is 88.7 Å². The minimum atomic E-state index is -5.14. The molecular formula is C25H30N2Na3O6PS. The number of hydrogen-bond acceptors (Lipinski definition) is 8. The smallest absolute Gasteiger partial charge is 0.872 e. The number of fused-ring (bicyclic) bond motifs is 5. The van der Waals surface area contributed by atoms with Crippen molar-refractivity contribution < 1.29 is 117 Å². The number of nitrogens with one attached hydrogen (secondary N) is 1. The summed E-state index contributed by atoms with van der Waals surface area (Å²) >= 11 is 1.42. The molecule has 6 unspecified atom stereocenters. The number of phosphoric acid groups is 1. The monoisotopic (exact) mass is 586 g/mol. The summed E-state index contributed by atoms with van der Waals surface area (Å²) in [6, 6.07) is 5.33. The molecule has 1 N–H and O–H groups in total. The zero-order valence-electron chi connectivity index (χ0n) is 22.9. The molecule has 0 aliphatic heterocycles. The molecule has 5 rings (SSSR count). The van der Waals surface area contributed by atoms with Gasteiger partial charge in [-0.05, 0) is 85.7 Å². The number of hydrogen-bond donors (Lipinski definition) is 1. The van der Waals surface area contributed by atoms with Crippen LogP contribution in [0.15, 0.2) is 24.4 Å². The van der Waals surface area contributed by atoms with Crippen molar-refractivity contribution in [1.82, 2.24) is 4.98 Å². The summed E-state index contributed by atoms with van der Waals surface area (Å²) in [5, 5.41) is 15.3. The van der Waals surface area contributed by atoms with Crippen LogP contribution in [0.5, 0.6) is 5.75 Å². The fraction of sp³-hybridized carbons (Fsp3) is 0.600. The number of aryl methyl sites for hydroxylation is 2. The van der Waals surface area contributed by atoms with Crippen molar-refractivity contribution in [2.24, 2.45) is 23.2 Å². The van der Waals surface area contributed by atoms with Crippen LogP contribution in [0.2, 0.25) is 0 Å². The minimum absolute atomic E-state index is 0. The molecule has 3 aliphatic rings. The molecule has 1 aromatic carbocycles. The molecule has 1 heterocycles. The van der Waals surface area contributed by atoms with E-state index in [1.54, 1.807) is 18.3 Å². The zero-order valence-corrected chi connectivity index (χ0v) is 30.6. The Bertz CT molecular complexity index is 1180.